The van der Waals surface area contributed by atoms with Gasteiger partial charge >= 0.3 is 0 Å². The molecule has 0 aliphatic heterocycles. The number of nitrogens with two attached hydrogens (primary N) is 1. The molecule has 0 atom stereocenters. The Bertz CT molecular complexity index is 445. The number of aromatic nitrogens is 1. The van der Waals surface area contributed by atoms with E-state index in [-0.39, 0.29) is 11.1 Å². The van der Waals surface area contributed by atoms with E-state index in [1.807, 2.05) is 0 Å². The quantitative estimate of drug-likeness (QED) is 0.810. The first kappa shape index (κ1) is 11.0. The minimum absolute atomic E-state index is 0.229. The summed E-state index contributed by atoms with van der Waals surface area (Å²) < 4.78 is 46.2. The summed E-state index contributed by atoms with van der Waals surface area (Å²) in [6.07, 6.45) is -1.68. The van der Waals surface area contributed by atoms with Gasteiger partial charge in [-0.25, -0.2) is 27.3 Å². The Labute approximate surface area is 79.8 Å². The van der Waals surface area contributed by atoms with Gasteiger partial charge < -0.3 is 0 Å². The van der Waals surface area contributed by atoms with Crippen molar-refractivity contribution < 1.29 is 17.2 Å². The number of nitrogens with zero attached hydrogens (tertiary/aromatic N) is 1. The van der Waals surface area contributed by atoms with Gasteiger partial charge in [0.2, 0.25) is 0 Å². The third kappa shape index (κ3) is 2.24. The van der Waals surface area contributed by atoms with Crippen molar-refractivity contribution in [2.75, 3.05) is 0 Å². The molecule has 0 saturated carbocycles. The smallest absolute Gasteiger partial charge is 0.243 e. The van der Waals surface area contributed by atoms with Crippen LogP contribution in [-0.4, -0.2) is 13.4 Å². The minimum Gasteiger partial charge on any atom is -0.243 e. The molecule has 1 rings (SSSR count). The van der Waals surface area contributed by atoms with Crippen molar-refractivity contribution in [1.29, 1.82) is 0 Å². The molecule has 0 bridgehead atoms. The van der Waals surface area contributed by atoms with Crippen molar-refractivity contribution in [2.45, 2.75) is 18.4 Å². The summed E-state index contributed by atoms with van der Waals surface area (Å²) >= 11 is 0. The third-order valence-electron chi connectivity index (χ3n) is 1.65. The van der Waals surface area contributed by atoms with Crippen LogP contribution in [0.2, 0.25) is 0 Å². The number of alkyl halides is 2. The number of rotatable bonds is 2. The highest BCUT2D eigenvalue weighted by atomic mass is 32.2. The molecule has 1 heterocycles. The number of aryl methyl sites for hydroxylation is 1. The molecule has 4 nitrogen and oxygen atoms in total. The summed E-state index contributed by atoms with van der Waals surface area (Å²) in [5, 5.41) is 4.20. The van der Waals surface area contributed by atoms with E-state index in [2.05, 4.69) is 4.98 Å². The van der Waals surface area contributed by atoms with Crippen LogP contribution in [-0.2, 0) is 10.0 Å². The Morgan fingerprint density at radius 3 is 2.50 bits per heavy atom. The lowest BCUT2D eigenvalue weighted by Gasteiger charge is -2.05. The molecule has 0 amide bonds. The highest BCUT2D eigenvalue weighted by Gasteiger charge is 2.16. The van der Waals surface area contributed by atoms with Crippen LogP contribution in [0.3, 0.4) is 0 Å². The lowest BCUT2D eigenvalue weighted by atomic mass is 10.2. The van der Waals surface area contributed by atoms with Crippen LogP contribution in [0.25, 0.3) is 0 Å². The fourth-order valence-corrected chi connectivity index (χ4v) is 1.40. The number of hydrogen-bond donors (Lipinski definition) is 1. The largest absolute Gasteiger partial charge is 0.264 e. The van der Waals surface area contributed by atoms with Crippen LogP contribution >= 0.6 is 0 Å². The molecular weight excluding hydrogens is 214 g/mol. The predicted molar refractivity (Wildman–Crippen MR) is 45.3 cm³/mol. The first-order chi connectivity index (χ1) is 6.32. The molecule has 0 unspecified atom stereocenters. The van der Waals surface area contributed by atoms with Gasteiger partial charge in [0.05, 0.1) is 0 Å². The summed E-state index contributed by atoms with van der Waals surface area (Å²) in [7, 11) is -4.02. The van der Waals surface area contributed by atoms with E-state index in [0.29, 0.717) is 0 Å². The predicted octanol–water partition coefficient (Wildman–Crippen LogP) is 0.975. The van der Waals surface area contributed by atoms with Crippen molar-refractivity contribution in [3.05, 3.63) is 23.4 Å². The van der Waals surface area contributed by atoms with E-state index in [1.54, 1.807) is 0 Å². The lowest BCUT2D eigenvalue weighted by Crippen LogP contribution is -2.14. The number of pyridine rings is 1. The van der Waals surface area contributed by atoms with Crippen LogP contribution in [0.4, 0.5) is 8.78 Å². The summed E-state index contributed by atoms with van der Waals surface area (Å²) in [5.74, 6) is 0. The van der Waals surface area contributed by atoms with Crippen molar-refractivity contribution in [2.24, 2.45) is 5.14 Å². The second-order valence-corrected chi connectivity index (χ2v) is 4.23. The van der Waals surface area contributed by atoms with Crippen LogP contribution in [0.15, 0.2) is 17.3 Å². The van der Waals surface area contributed by atoms with Crippen molar-refractivity contribution in [3.8, 4) is 0 Å². The molecule has 0 fully saturated rings. The molecule has 78 valence electrons. The van der Waals surface area contributed by atoms with Gasteiger partial charge in [0.25, 0.3) is 16.4 Å². The Kier molecular flexibility index (Phi) is 2.81. The van der Waals surface area contributed by atoms with Gasteiger partial charge in [-0.15, -0.1) is 0 Å². The molecule has 0 spiro atoms. The maximum absolute atomic E-state index is 12.3. The Balaban J connectivity index is 3.34. The second-order valence-electron chi connectivity index (χ2n) is 2.72. The Hall–Kier alpha value is -1.08. The molecule has 0 saturated heterocycles. The van der Waals surface area contributed by atoms with Gasteiger partial charge in [0.1, 0.15) is 0 Å². The van der Waals surface area contributed by atoms with Gasteiger partial charge in [-0.1, -0.05) is 0 Å². The van der Waals surface area contributed by atoms with E-state index < -0.39 is 21.5 Å². The minimum atomic E-state index is -4.02. The molecule has 0 aliphatic rings. The molecule has 0 aromatic carbocycles. The lowest BCUT2D eigenvalue weighted by molar-refractivity contribution is 0.150. The van der Waals surface area contributed by atoms with Gasteiger partial charge in [-0.3, -0.25) is 0 Å². The zero-order valence-corrected chi connectivity index (χ0v) is 8.05. The highest BCUT2D eigenvalue weighted by Crippen LogP contribution is 2.23. The molecule has 0 radical (unpaired) electrons. The van der Waals surface area contributed by atoms with E-state index in [4.69, 9.17) is 5.14 Å². The average molecular weight is 222 g/mol. The monoisotopic (exact) mass is 222 g/mol. The number of halogens is 2. The number of hydrogen-bond acceptors (Lipinski definition) is 3. The normalized spacial score (nSPS) is 12.1. The molecule has 14 heavy (non-hydrogen) atoms. The van der Waals surface area contributed by atoms with Crippen molar-refractivity contribution >= 4 is 10.0 Å². The van der Waals surface area contributed by atoms with Crippen molar-refractivity contribution in [3.63, 3.8) is 0 Å². The van der Waals surface area contributed by atoms with Crippen molar-refractivity contribution in [1.82, 2.24) is 4.98 Å². The first-order valence-electron chi connectivity index (χ1n) is 3.60. The zero-order chi connectivity index (χ0) is 10.9. The molecule has 2 N–H and O–H groups in total. The number of primary sulfonamides is 1. The van der Waals surface area contributed by atoms with E-state index in [0.717, 1.165) is 12.3 Å². The molecular formula is C7H8F2N2O2S. The Morgan fingerprint density at radius 2 is 2.07 bits per heavy atom. The fourth-order valence-electron chi connectivity index (χ4n) is 0.910. The number of sulfonamides is 1. The molecule has 1 aromatic rings. The van der Waals surface area contributed by atoms with E-state index in [1.165, 1.54) is 6.92 Å². The van der Waals surface area contributed by atoms with Gasteiger partial charge in [-0.05, 0) is 18.6 Å². The van der Waals surface area contributed by atoms with Crippen LogP contribution in [0.1, 0.15) is 17.6 Å². The zero-order valence-electron chi connectivity index (χ0n) is 7.24. The van der Waals surface area contributed by atoms with Crippen LogP contribution < -0.4 is 5.14 Å². The molecule has 1 aromatic heterocycles. The third-order valence-corrected chi connectivity index (χ3v) is 2.45. The van der Waals surface area contributed by atoms with E-state index >= 15 is 0 Å². The summed E-state index contributed by atoms with van der Waals surface area (Å²) in [5.41, 5.74) is -0.142. The second kappa shape index (κ2) is 3.58. The van der Waals surface area contributed by atoms with Gasteiger partial charge in [0, 0.05) is 11.8 Å². The first-order valence-corrected chi connectivity index (χ1v) is 5.14. The highest BCUT2D eigenvalue weighted by molar-refractivity contribution is 7.89. The average Bonchev–Trinajstić information content (AvgIpc) is 2.02. The topological polar surface area (TPSA) is 73.0 Å². The fraction of sp³-hybridized carbons (Fsp3) is 0.286. The summed E-state index contributed by atoms with van der Waals surface area (Å²) in [4.78, 5) is 3.45. The summed E-state index contributed by atoms with van der Waals surface area (Å²) in [6.45, 7) is 1.42. The SMILES string of the molecule is Cc1cnc(S(N)(=O)=O)cc1C(F)F. The van der Waals surface area contributed by atoms with Crippen LogP contribution in [0.5, 0.6) is 0 Å². The van der Waals surface area contributed by atoms with Crippen LogP contribution in [0, 0.1) is 6.92 Å². The molecule has 0 aliphatic carbocycles. The summed E-state index contributed by atoms with van der Waals surface area (Å²) in [6, 6.07) is 0.787. The maximum Gasteiger partial charge on any atom is 0.264 e. The maximum atomic E-state index is 12.3. The molecule has 7 heteroatoms. The van der Waals surface area contributed by atoms with Gasteiger partial charge in [0.15, 0.2) is 5.03 Å². The Morgan fingerprint density at radius 1 is 1.50 bits per heavy atom. The standard InChI is InChI=1S/C7H8F2N2O2S/c1-4-3-11-6(14(10,12)13)2-5(4)7(8)9/h2-3,7H,1H3,(H2,10,12,13). The van der Waals surface area contributed by atoms with E-state index in [9.17, 15) is 17.2 Å². The van der Waals surface area contributed by atoms with Gasteiger partial charge in [-0.2, -0.15) is 0 Å².